The Kier molecular flexibility index (Phi) is 1.69. The molecule has 2 aromatic rings. The molecular formula is C11H11NO. The molecule has 1 N–H and O–H groups in total. The number of benzene rings is 1. The molecule has 1 aromatic carbocycles. The lowest BCUT2D eigenvalue weighted by atomic mass is 10.1. The van der Waals surface area contributed by atoms with Crippen LogP contribution in [-0.4, -0.2) is 11.3 Å². The molecule has 0 spiro atoms. The van der Waals surface area contributed by atoms with Crippen LogP contribution in [0.5, 0.6) is 0 Å². The lowest BCUT2D eigenvalue weighted by molar-refractivity contribution is 0.112. The maximum atomic E-state index is 10.6. The molecule has 0 amide bonds. The van der Waals surface area contributed by atoms with Gasteiger partial charge in [-0.1, -0.05) is 12.1 Å². The molecule has 1 aromatic heterocycles. The van der Waals surface area contributed by atoms with Crippen LogP contribution in [0.3, 0.4) is 0 Å². The number of hydrogen-bond donors (Lipinski definition) is 1. The van der Waals surface area contributed by atoms with Gasteiger partial charge in [0.1, 0.15) is 0 Å². The molecule has 0 saturated heterocycles. The highest BCUT2D eigenvalue weighted by molar-refractivity contribution is 5.91. The van der Waals surface area contributed by atoms with E-state index in [-0.39, 0.29) is 0 Å². The fourth-order valence-corrected chi connectivity index (χ4v) is 1.58. The Bertz CT molecular complexity index is 429. The zero-order valence-corrected chi connectivity index (χ0v) is 7.72. The first-order valence-corrected chi connectivity index (χ1v) is 4.26. The van der Waals surface area contributed by atoms with E-state index in [2.05, 4.69) is 17.1 Å². The largest absolute Gasteiger partial charge is 0.352 e. The van der Waals surface area contributed by atoms with Gasteiger partial charge < -0.3 is 4.98 Å². The van der Waals surface area contributed by atoms with Crippen LogP contribution in [0.15, 0.2) is 18.2 Å². The smallest absolute Gasteiger partial charge is 0.166 e. The molecule has 0 radical (unpaired) electrons. The molecule has 0 aliphatic rings. The van der Waals surface area contributed by atoms with E-state index in [0.29, 0.717) is 5.69 Å². The van der Waals surface area contributed by atoms with Crippen LogP contribution in [-0.2, 0) is 0 Å². The summed E-state index contributed by atoms with van der Waals surface area (Å²) in [5, 5.41) is 1.14. The minimum Gasteiger partial charge on any atom is -0.352 e. The summed E-state index contributed by atoms with van der Waals surface area (Å²) in [6.07, 6.45) is 0.846. The van der Waals surface area contributed by atoms with E-state index in [4.69, 9.17) is 0 Å². The van der Waals surface area contributed by atoms with Crippen LogP contribution in [0.1, 0.15) is 21.6 Å². The van der Waals surface area contributed by atoms with Crippen molar-refractivity contribution in [3.63, 3.8) is 0 Å². The first-order valence-electron chi connectivity index (χ1n) is 4.26. The number of carbonyl (C=O) groups excluding carboxylic acids is 1. The summed E-state index contributed by atoms with van der Waals surface area (Å²) >= 11 is 0. The van der Waals surface area contributed by atoms with Crippen molar-refractivity contribution in [3.8, 4) is 0 Å². The Hall–Kier alpha value is -1.57. The van der Waals surface area contributed by atoms with E-state index in [1.165, 1.54) is 11.1 Å². The van der Waals surface area contributed by atoms with E-state index in [1.54, 1.807) is 0 Å². The minimum atomic E-state index is 0.646. The number of aldehydes is 1. The molecule has 0 aliphatic carbocycles. The predicted molar refractivity (Wildman–Crippen MR) is 53.2 cm³/mol. The standard InChI is InChI=1S/C11H11NO/c1-7-3-4-8(2)11-10(7)5-9(6-13)12-11/h3-6,12H,1-2H3. The first kappa shape index (κ1) is 8.05. The third-order valence-electron chi connectivity index (χ3n) is 2.37. The van der Waals surface area contributed by atoms with Crippen molar-refractivity contribution in [2.45, 2.75) is 13.8 Å². The molecule has 2 rings (SSSR count). The lowest BCUT2D eigenvalue weighted by Crippen LogP contribution is -1.79. The molecule has 0 atom stereocenters. The number of fused-ring (bicyclic) bond motifs is 1. The van der Waals surface area contributed by atoms with Crippen LogP contribution >= 0.6 is 0 Å². The van der Waals surface area contributed by atoms with Crippen LogP contribution in [0.4, 0.5) is 0 Å². The molecule has 0 fully saturated rings. The maximum Gasteiger partial charge on any atom is 0.166 e. The Morgan fingerprint density at radius 3 is 2.54 bits per heavy atom. The van der Waals surface area contributed by atoms with Crippen molar-refractivity contribution in [1.29, 1.82) is 0 Å². The Balaban J connectivity index is 2.87. The number of H-pyrrole nitrogens is 1. The van der Waals surface area contributed by atoms with Crippen molar-refractivity contribution in [1.82, 2.24) is 4.98 Å². The highest BCUT2D eigenvalue weighted by Crippen LogP contribution is 2.21. The lowest BCUT2D eigenvalue weighted by Gasteiger charge is -1.98. The van der Waals surface area contributed by atoms with E-state index >= 15 is 0 Å². The van der Waals surface area contributed by atoms with Crippen molar-refractivity contribution >= 4 is 17.2 Å². The molecule has 13 heavy (non-hydrogen) atoms. The zero-order chi connectivity index (χ0) is 9.42. The molecule has 0 saturated carbocycles. The fraction of sp³-hybridized carbons (Fsp3) is 0.182. The fourth-order valence-electron chi connectivity index (χ4n) is 1.58. The number of rotatable bonds is 1. The quantitative estimate of drug-likeness (QED) is 0.660. The van der Waals surface area contributed by atoms with E-state index in [9.17, 15) is 4.79 Å². The van der Waals surface area contributed by atoms with Crippen LogP contribution < -0.4 is 0 Å². The molecule has 1 heterocycles. The number of hydrogen-bond acceptors (Lipinski definition) is 1. The number of aryl methyl sites for hydroxylation is 2. The highest BCUT2D eigenvalue weighted by Gasteiger charge is 2.04. The summed E-state index contributed by atoms with van der Waals surface area (Å²) in [7, 11) is 0. The SMILES string of the molecule is Cc1ccc(C)c2[nH]c(C=O)cc12. The van der Waals surface area contributed by atoms with Crippen molar-refractivity contribution < 1.29 is 4.79 Å². The van der Waals surface area contributed by atoms with Gasteiger partial charge in [0.15, 0.2) is 6.29 Å². The maximum absolute atomic E-state index is 10.6. The van der Waals surface area contributed by atoms with Gasteiger partial charge in [-0.25, -0.2) is 0 Å². The summed E-state index contributed by atoms with van der Waals surface area (Å²) in [6.45, 7) is 4.08. The molecule has 0 aliphatic heterocycles. The number of aromatic nitrogens is 1. The van der Waals surface area contributed by atoms with Gasteiger partial charge in [-0.2, -0.15) is 0 Å². The van der Waals surface area contributed by atoms with E-state index < -0.39 is 0 Å². The topological polar surface area (TPSA) is 32.9 Å². The van der Waals surface area contributed by atoms with Gasteiger partial charge in [-0.3, -0.25) is 4.79 Å². The molecule has 0 unspecified atom stereocenters. The number of carbonyl (C=O) groups is 1. The number of aromatic amines is 1. The number of nitrogens with one attached hydrogen (secondary N) is 1. The first-order chi connectivity index (χ1) is 6.22. The van der Waals surface area contributed by atoms with Crippen LogP contribution in [0, 0.1) is 13.8 Å². The van der Waals surface area contributed by atoms with E-state index in [0.717, 1.165) is 17.2 Å². The molecule has 66 valence electrons. The van der Waals surface area contributed by atoms with Crippen LogP contribution in [0.2, 0.25) is 0 Å². The summed E-state index contributed by atoms with van der Waals surface area (Å²) in [5.41, 5.74) is 4.09. The second-order valence-corrected chi connectivity index (χ2v) is 3.33. The monoisotopic (exact) mass is 173 g/mol. The predicted octanol–water partition coefficient (Wildman–Crippen LogP) is 2.60. The molecule has 2 nitrogen and oxygen atoms in total. The van der Waals surface area contributed by atoms with Gasteiger partial charge in [0, 0.05) is 10.9 Å². The van der Waals surface area contributed by atoms with Gasteiger partial charge in [-0.05, 0) is 31.0 Å². The van der Waals surface area contributed by atoms with Gasteiger partial charge in [0.25, 0.3) is 0 Å². The second kappa shape index (κ2) is 2.73. The third-order valence-corrected chi connectivity index (χ3v) is 2.37. The average Bonchev–Trinajstić information content (AvgIpc) is 2.56. The second-order valence-electron chi connectivity index (χ2n) is 3.33. The van der Waals surface area contributed by atoms with Gasteiger partial charge in [0.05, 0.1) is 5.69 Å². The Morgan fingerprint density at radius 2 is 1.92 bits per heavy atom. The van der Waals surface area contributed by atoms with Crippen molar-refractivity contribution in [2.75, 3.05) is 0 Å². The average molecular weight is 173 g/mol. The summed E-state index contributed by atoms with van der Waals surface area (Å²) in [5.74, 6) is 0. The van der Waals surface area contributed by atoms with Gasteiger partial charge in [0.2, 0.25) is 0 Å². The minimum absolute atomic E-state index is 0.646. The van der Waals surface area contributed by atoms with Gasteiger partial charge in [-0.15, -0.1) is 0 Å². The van der Waals surface area contributed by atoms with E-state index in [1.807, 2.05) is 19.9 Å². The molecule has 0 bridgehead atoms. The Morgan fingerprint density at radius 1 is 1.23 bits per heavy atom. The van der Waals surface area contributed by atoms with Crippen molar-refractivity contribution in [2.24, 2.45) is 0 Å². The third kappa shape index (κ3) is 1.15. The normalized spacial score (nSPS) is 10.6. The highest BCUT2D eigenvalue weighted by atomic mass is 16.1. The molecule has 2 heteroatoms. The summed E-state index contributed by atoms with van der Waals surface area (Å²) in [6, 6.07) is 6.02. The zero-order valence-electron chi connectivity index (χ0n) is 7.72. The summed E-state index contributed by atoms with van der Waals surface area (Å²) in [4.78, 5) is 13.7. The van der Waals surface area contributed by atoms with Gasteiger partial charge >= 0.3 is 0 Å². The Labute approximate surface area is 76.6 Å². The van der Waals surface area contributed by atoms with Crippen molar-refractivity contribution in [3.05, 3.63) is 35.0 Å². The molecular weight excluding hydrogens is 162 g/mol. The van der Waals surface area contributed by atoms with Crippen LogP contribution in [0.25, 0.3) is 10.9 Å². The summed E-state index contributed by atoms with van der Waals surface area (Å²) < 4.78 is 0.